The van der Waals surface area contributed by atoms with E-state index in [-0.39, 0.29) is 5.82 Å². The SMILES string of the molecule is Cc1cccc2c1nc(CCCl)n2-c1cc(F)ccc1Br. The maximum absolute atomic E-state index is 13.7. The third kappa shape index (κ3) is 2.58. The van der Waals surface area contributed by atoms with Gasteiger partial charge in [0.15, 0.2) is 0 Å². The van der Waals surface area contributed by atoms with E-state index < -0.39 is 0 Å². The van der Waals surface area contributed by atoms with Crippen LogP contribution in [0.1, 0.15) is 11.4 Å². The van der Waals surface area contributed by atoms with Crippen molar-refractivity contribution >= 4 is 38.6 Å². The standard InChI is InChI=1S/C16H13BrClFN2/c1-10-3-2-4-13-16(10)20-15(7-8-18)21(13)14-9-11(19)5-6-12(14)17/h2-6,9H,7-8H2,1H3. The smallest absolute Gasteiger partial charge is 0.125 e. The minimum Gasteiger partial charge on any atom is -0.295 e. The van der Waals surface area contributed by atoms with E-state index in [0.717, 1.165) is 32.6 Å². The largest absolute Gasteiger partial charge is 0.295 e. The lowest BCUT2D eigenvalue weighted by molar-refractivity contribution is 0.626. The number of benzene rings is 2. The Morgan fingerprint density at radius 1 is 1.29 bits per heavy atom. The molecule has 0 aliphatic heterocycles. The van der Waals surface area contributed by atoms with Crippen LogP contribution < -0.4 is 0 Å². The van der Waals surface area contributed by atoms with Crippen LogP contribution in [-0.2, 0) is 6.42 Å². The molecule has 0 aliphatic carbocycles. The number of rotatable bonds is 3. The zero-order valence-corrected chi connectivity index (χ0v) is 13.7. The zero-order chi connectivity index (χ0) is 15.0. The van der Waals surface area contributed by atoms with E-state index in [1.807, 2.05) is 29.7 Å². The molecule has 0 saturated carbocycles. The van der Waals surface area contributed by atoms with Crippen molar-refractivity contribution in [1.29, 1.82) is 0 Å². The molecule has 0 amide bonds. The van der Waals surface area contributed by atoms with Gasteiger partial charge in [0.05, 0.1) is 16.7 Å². The summed E-state index contributed by atoms with van der Waals surface area (Å²) in [5.74, 6) is 1.02. The molecular weight excluding hydrogens is 355 g/mol. The van der Waals surface area contributed by atoms with Crippen LogP contribution in [0.5, 0.6) is 0 Å². The Kier molecular flexibility index (Phi) is 4.00. The van der Waals surface area contributed by atoms with Crippen molar-refractivity contribution in [3.05, 3.63) is 58.1 Å². The molecule has 2 aromatic carbocycles. The predicted octanol–water partition coefficient (Wildman–Crippen LogP) is 5.02. The molecule has 3 rings (SSSR count). The van der Waals surface area contributed by atoms with Crippen molar-refractivity contribution in [3.63, 3.8) is 0 Å². The summed E-state index contributed by atoms with van der Waals surface area (Å²) in [7, 11) is 0. The van der Waals surface area contributed by atoms with E-state index in [4.69, 9.17) is 11.6 Å². The number of hydrogen-bond acceptors (Lipinski definition) is 1. The van der Waals surface area contributed by atoms with Gasteiger partial charge in [-0.3, -0.25) is 4.57 Å². The molecule has 5 heteroatoms. The number of nitrogens with zero attached hydrogens (tertiary/aromatic N) is 2. The summed E-state index contributed by atoms with van der Waals surface area (Å²) in [4.78, 5) is 4.68. The van der Waals surface area contributed by atoms with Crippen molar-refractivity contribution in [3.8, 4) is 5.69 Å². The Bertz CT molecular complexity index is 813. The molecule has 0 aliphatic rings. The summed E-state index contributed by atoms with van der Waals surface area (Å²) in [6, 6.07) is 10.6. The molecule has 0 fully saturated rings. The number of fused-ring (bicyclic) bond motifs is 1. The molecule has 0 bridgehead atoms. The van der Waals surface area contributed by atoms with Crippen LogP contribution in [0.15, 0.2) is 40.9 Å². The average molecular weight is 368 g/mol. The molecule has 0 unspecified atom stereocenters. The Balaban J connectivity index is 2.36. The normalized spacial score (nSPS) is 11.2. The number of halogens is 3. The highest BCUT2D eigenvalue weighted by Crippen LogP contribution is 2.29. The zero-order valence-electron chi connectivity index (χ0n) is 11.4. The molecule has 0 N–H and O–H groups in total. The molecule has 1 aromatic heterocycles. The molecule has 21 heavy (non-hydrogen) atoms. The van der Waals surface area contributed by atoms with Gasteiger partial charge in [-0.2, -0.15) is 0 Å². The topological polar surface area (TPSA) is 17.8 Å². The Morgan fingerprint density at radius 3 is 2.86 bits per heavy atom. The van der Waals surface area contributed by atoms with Gasteiger partial charge in [-0.15, -0.1) is 11.6 Å². The van der Waals surface area contributed by atoms with Crippen LogP contribution in [0.2, 0.25) is 0 Å². The summed E-state index contributed by atoms with van der Waals surface area (Å²) in [6.45, 7) is 2.02. The molecule has 0 spiro atoms. The number of alkyl halides is 1. The summed E-state index contributed by atoms with van der Waals surface area (Å²) in [6.07, 6.45) is 0.624. The predicted molar refractivity (Wildman–Crippen MR) is 87.9 cm³/mol. The molecule has 3 aromatic rings. The molecule has 108 valence electrons. The third-order valence-corrected chi connectivity index (χ3v) is 4.28. The van der Waals surface area contributed by atoms with Gasteiger partial charge in [-0.05, 0) is 52.7 Å². The summed E-state index contributed by atoms with van der Waals surface area (Å²) < 4.78 is 16.4. The fraction of sp³-hybridized carbons (Fsp3) is 0.188. The van der Waals surface area contributed by atoms with Crippen molar-refractivity contribution in [2.75, 3.05) is 5.88 Å². The van der Waals surface area contributed by atoms with E-state index in [9.17, 15) is 4.39 Å². The highest BCUT2D eigenvalue weighted by atomic mass is 79.9. The van der Waals surface area contributed by atoms with E-state index in [1.165, 1.54) is 12.1 Å². The van der Waals surface area contributed by atoms with Crippen molar-refractivity contribution in [2.24, 2.45) is 0 Å². The number of para-hydroxylation sites is 1. The maximum atomic E-state index is 13.7. The van der Waals surface area contributed by atoms with Crippen LogP contribution in [0, 0.1) is 12.7 Å². The van der Waals surface area contributed by atoms with Gasteiger partial charge in [-0.25, -0.2) is 9.37 Å². The Morgan fingerprint density at radius 2 is 2.10 bits per heavy atom. The highest BCUT2D eigenvalue weighted by molar-refractivity contribution is 9.10. The lowest BCUT2D eigenvalue weighted by Crippen LogP contribution is -2.03. The fourth-order valence-corrected chi connectivity index (χ4v) is 3.06. The van der Waals surface area contributed by atoms with Crippen LogP contribution in [-0.4, -0.2) is 15.4 Å². The summed E-state index contributed by atoms with van der Waals surface area (Å²) >= 11 is 9.39. The number of aryl methyl sites for hydroxylation is 2. The van der Waals surface area contributed by atoms with Gasteiger partial charge in [0.2, 0.25) is 0 Å². The van der Waals surface area contributed by atoms with Crippen molar-refractivity contribution in [2.45, 2.75) is 13.3 Å². The first-order chi connectivity index (χ1) is 10.1. The van der Waals surface area contributed by atoms with Gasteiger partial charge in [0, 0.05) is 16.8 Å². The molecule has 1 heterocycles. The Labute approximate surface area is 135 Å². The highest BCUT2D eigenvalue weighted by Gasteiger charge is 2.15. The van der Waals surface area contributed by atoms with Gasteiger partial charge in [-0.1, -0.05) is 12.1 Å². The lowest BCUT2D eigenvalue weighted by atomic mass is 10.2. The minimum atomic E-state index is -0.278. The number of hydrogen-bond donors (Lipinski definition) is 0. The first-order valence-electron chi connectivity index (χ1n) is 6.60. The summed E-state index contributed by atoms with van der Waals surface area (Å²) in [5.41, 5.74) is 3.72. The third-order valence-electron chi connectivity index (χ3n) is 3.42. The summed E-state index contributed by atoms with van der Waals surface area (Å²) in [5, 5.41) is 0. The molecule has 0 saturated heterocycles. The fourth-order valence-electron chi connectivity index (χ4n) is 2.47. The monoisotopic (exact) mass is 366 g/mol. The minimum absolute atomic E-state index is 0.278. The molecule has 0 atom stereocenters. The molecule has 0 radical (unpaired) electrons. The number of aromatic nitrogens is 2. The van der Waals surface area contributed by atoms with E-state index in [1.54, 1.807) is 6.07 Å². The second-order valence-corrected chi connectivity index (χ2v) is 6.07. The van der Waals surface area contributed by atoms with Crippen molar-refractivity contribution < 1.29 is 4.39 Å². The average Bonchev–Trinajstić information content (AvgIpc) is 2.82. The van der Waals surface area contributed by atoms with Gasteiger partial charge in [0.25, 0.3) is 0 Å². The lowest BCUT2D eigenvalue weighted by Gasteiger charge is -2.11. The number of imidazole rings is 1. The van der Waals surface area contributed by atoms with Gasteiger partial charge < -0.3 is 0 Å². The van der Waals surface area contributed by atoms with E-state index in [2.05, 4.69) is 20.9 Å². The molecular formula is C16H13BrClFN2. The van der Waals surface area contributed by atoms with E-state index >= 15 is 0 Å². The maximum Gasteiger partial charge on any atom is 0.125 e. The Hall–Kier alpha value is -1.39. The first kappa shape index (κ1) is 14.5. The van der Waals surface area contributed by atoms with Crippen LogP contribution in [0.25, 0.3) is 16.7 Å². The van der Waals surface area contributed by atoms with Gasteiger partial charge in [0.1, 0.15) is 11.6 Å². The quantitative estimate of drug-likeness (QED) is 0.595. The first-order valence-corrected chi connectivity index (χ1v) is 7.93. The van der Waals surface area contributed by atoms with Crippen LogP contribution in [0.3, 0.4) is 0 Å². The second kappa shape index (κ2) is 5.78. The second-order valence-electron chi connectivity index (χ2n) is 4.84. The molecule has 2 nitrogen and oxygen atoms in total. The van der Waals surface area contributed by atoms with Crippen LogP contribution in [0.4, 0.5) is 4.39 Å². The van der Waals surface area contributed by atoms with Crippen molar-refractivity contribution in [1.82, 2.24) is 9.55 Å². The van der Waals surface area contributed by atoms with Crippen LogP contribution >= 0.6 is 27.5 Å². The van der Waals surface area contributed by atoms with E-state index in [0.29, 0.717) is 12.3 Å². The van der Waals surface area contributed by atoms with Gasteiger partial charge >= 0.3 is 0 Å².